The van der Waals surface area contributed by atoms with Crippen LogP contribution in [0.4, 0.5) is 5.69 Å². The van der Waals surface area contributed by atoms with E-state index in [2.05, 4.69) is 16.8 Å². The number of benzene rings is 1. The van der Waals surface area contributed by atoms with Gasteiger partial charge in [-0.3, -0.25) is 4.68 Å². The number of hydrogen-bond acceptors (Lipinski definition) is 2. The maximum Gasteiger partial charge on any atom is 0.115 e. The third-order valence-corrected chi connectivity index (χ3v) is 4.01. The first-order valence-electron chi connectivity index (χ1n) is 7.24. The summed E-state index contributed by atoms with van der Waals surface area (Å²) in [5, 5.41) is 4.74. The lowest BCUT2D eigenvalue weighted by atomic mass is 10.1. The van der Waals surface area contributed by atoms with Gasteiger partial charge in [0.2, 0.25) is 0 Å². The van der Waals surface area contributed by atoms with Crippen LogP contribution in [0.1, 0.15) is 44.6 Å². The summed E-state index contributed by atoms with van der Waals surface area (Å²) in [7, 11) is 0. The second-order valence-electron chi connectivity index (χ2n) is 5.42. The third-order valence-electron chi connectivity index (χ3n) is 4.01. The SMILES string of the molecule is Nc1cn(C2CCCCCC2)nc1-c1ccccc1. The molecule has 1 aliphatic carbocycles. The van der Waals surface area contributed by atoms with Crippen LogP contribution in [0.3, 0.4) is 0 Å². The van der Waals surface area contributed by atoms with Crippen LogP contribution >= 0.6 is 0 Å². The zero-order valence-electron chi connectivity index (χ0n) is 11.3. The van der Waals surface area contributed by atoms with Crippen LogP contribution in [0, 0.1) is 0 Å². The van der Waals surface area contributed by atoms with E-state index < -0.39 is 0 Å². The first-order valence-corrected chi connectivity index (χ1v) is 7.24. The monoisotopic (exact) mass is 255 g/mol. The lowest BCUT2D eigenvalue weighted by molar-refractivity contribution is 0.406. The Morgan fingerprint density at radius 2 is 1.68 bits per heavy atom. The van der Waals surface area contributed by atoms with E-state index in [9.17, 15) is 0 Å². The summed E-state index contributed by atoms with van der Waals surface area (Å²) in [4.78, 5) is 0. The van der Waals surface area contributed by atoms with Gasteiger partial charge in [0.05, 0.1) is 11.7 Å². The second-order valence-corrected chi connectivity index (χ2v) is 5.42. The fraction of sp³-hybridized carbons (Fsp3) is 0.438. The summed E-state index contributed by atoms with van der Waals surface area (Å²) in [5.74, 6) is 0. The first-order chi connectivity index (χ1) is 9.34. The van der Waals surface area contributed by atoms with Gasteiger partial charge in [0.25, 0.3) is 0 Å². The van der Waals surface area contributed by atoms with Gasteiger partial charge in [0.15, 0.2) is 0 Å². The minimum Gasteiger partial charge on any atom is -0.396 e. The predicted molar refractivity (Wildman–Crippen MR) is 78.8 cm³/mol. The van der Waals surface area contributed by atoms with E-state index in [1.165, 1.54) is 38.5 Å². The number of nitrogens with two attached hydrogens (primary N) is 1. The van der Waals surface area contributed by atoms with Gasteiger partial charge in [-0.2, -0.15) is 5.10 Å². The van der Waals surface area contributed by atoms with Gasteiger partial charge in [0.1, 0.15) is 5.69 Å². The quantitative estimate of drug-likeness (QED) is 0.823. The molecule has 2 aromatic rings. The van der Waals surface area contributed by atoms with E-state index in [0.717, 1.165) is 16.9 Å². The second kappa shape index (κ2) is 5.47. The molecule has 3 rings (SSSR count). The summed E-state index contributed by atoms with van der Waals surface area (Å²) in [6, 6.07) is 10.7. The van der Waals surface area contributed by atoms with Crippen molar-refractivity contribution in [3.63, 3.8) is 0 Å². The summed E-state index contributed by atoms with van der Waals surface area (Å²) < 4.78 is 2.10. The average molecular weight is 255 g/mol. The Kier molecular flexibility index (Phi) is 3.53. The van der Waals surface area contributed by atoms with Crippen molar-refractivity contribution in [2.24, 2.45) is 0 Å². The van der Waals surface area contributed by atoms with Crippen molar-refractivity contribution in [2.45, 2.75) is 44.6 Å². The summed E-state index contributed by atoms with van der Waals surface area (Å²) in [6.45, 7) is 0. The van der Waals surface area contributed by atoms with Crippen LogP contribution in [-0.2, 0) is 0 Å². The highest BCUT2D eigenvalue weighted by Gasteiger charge is 2.17. The highest BCUT2D eigenvalue weighted by molar-refractivity contribution is 5.71. The molecule has 0 radical (unpaired) electrons. The van der Waals surface area contributed by atoms with Crippen LogP contribution in [0.2, 0.25) is 0 Å². The Hall–Kier alpha value is -1.77. The summed E-state index contributed by atoms with van der Waals surface area (Å²) in [6.07, 6.45) is 9.82. The predicted octanol–water partition coefficient (Wildman–Crippen LogP) is 4.03. The molecule has 0 unspecified atom stereocenters. The zero-order chi connectivity index (χ0) is 13.1. The molecule has 3 heteroatoms. The van der Waals surface area contributed by atoms with Crippen molar-refractivity contribution in [3.05, 3.63) is 36.5 Å². The lowest BCUT2D eigenvalue weighted by Crippen LogP contribution is -2.08. The van der Waals surface area contributed by atoms with Gasteiger partial charge in [-0.05, 0) is 12.8 Å². The smallest absolute Gasteiger partial charge is 0.115 e. The Balaban J connectivity index is 1.88. The van der Waals surface area contributed by atoms with Crippen LogP contribution < -0.4 is 5.73 Å². The normalized spacial score (nSPS) is 17.3. The fourth-order valence-corrected chi connectivity index (χ4v) is 2.94. The minimum absolute atomic E-state index is 0.530. The minimum atomic E-state index is 0.530. The molecule has 1 heterocycles. The van der Waals surface area contributed by atoms with Crippen molar-refractivity contribution in [1.29, 1.82) is 0 Å². The van der Waals surface area contributed by atoms with Crippen molar-refractivity contribution in [1.82, 2.24) is 9.78 Å². The van der Waals surface area contributed by atoms with Crippen LogP contribution in [0.15, 0.2) is 36.5 Å². The molecule has 0 spiro atoms. The van der Waals surface area contributed by atoms with Crippen LogP contribution in [0.5, 0.6) is 0 Å². The van der Waals surface area contributed by atoms with Crippen LogP contribution in [-0.4, -0.2) is 9.78 Å². The Bertz CT molecular complexity index is 522. The Labute approximate surface area is 114 Å². The number of anilines is 1. The highest BCUT2D eigenvalue weighted by atomic mass is 15.3. The van der Waals surface area contributed by atoms with Crippen molar-refractivity contribution >= 4 is 5.69 Å². The van der Waals surface area contributed by atoms with E-state index in [-0.39, 0.29) is 0 Å². The largest absolute Gasteiger partial charge is 0.396 e. The molecule has 1 fully saturated rings. The fourth-order valence-electron chi connectivity index (χ4n) is 2.94. The molecule has 3 nitrogen and oxygen atoms in total. The van der Waals surface area contributed by atoms with Crippen molar-refractivity contribution in [2.75, 3.05) is 5.73 Å². The first kappa shape index (κ1) is 12.3. The number of aromatic nitrogens is 2. The number of rotatable bonds is 2. The van der Waals surface area contributed by atoms with E-state index in [4.69, 9.17) is 10.8 Å². The van der Waals surface area contributed by atoms with Gasteiger partial charge >= 0.3 is 0 Å². The molecule has 1 aliphatic rings. The number of nitrogen functional groups attached to an aromatic ring is 1. The van der Waals surface area contributed by atoms with Crippen LogP contribution in [0.25, 0.3) is 11.3 Å². The average Bonchev–Trinajstić information content (AvgIpc) is 2.67. The molecule has 0 atom stereocenters. The number of nitrogens with zero attached hydrogens (tertiary/aromatic N) is 2. The third kappa shape index (κ3) is 2.65. The van der Waals surface area contributed by atoms with E-state index >= 15 is 0 Å². The summed E-state index contributed by atoms with van der Waals surface area (Å²) in [5.41, 5.74) is 8.95. The van der Waals surface area contributed by atoms with E-state index in [0.29, 0.717) is 6.04 Å². The molecule has 2 N–H and O–H groups in total. The van der Waals surface area contributed by atoms with Gasteiger partial charge in [-0.25, -0.2) is 0 Å². The number of hydrogen-bond donors (Lipinski definition) is 1. The van der Waals surface area contributed by atoms with Gasteiger partial charge in [-0.15, -0.1) is 0 Å². The standard InChI is InChI=1S/C16H21N3/c17-15-12-19(14-10-6-1-2-7-11-14)18-16(15)13-8-4-3-5-9-13/h3-5,8-9,12,14H,1-2,6-7,10-11,17H2. The van der Waals surface area contributed by atoms with Gasteiger partial charge in [0, 0.05) is 11.8 Å². The zero-order valence-corrected chi connectivity index (χ0v) is 11.3. The molecule has 0 amide bonds. The van der Waals surface area contributed by atoms with Gasteiger partial charge < -0.3 is 5.73 Å². The van der Waals surface area contributed by atoms with E-state index in [1.807, 2.05) is 24.4 Å². The topological polar surface area (TPSA) is 43.8 Å². The van der Waals surface area contributed by atoms with E-state index in [1.54, 1.807) is 0 Å². The van der Waals surface area contributed by atoms with Crippen molar-refractivity contribution in [3.8, 4) is 11.3 Å². The maximum absolute atomic E-state index is 6.14. The Morgan fingerprint density at radius 3 is 2.37 bits per heavy atom. The molecule has 100 valence electrons. The van der Waals surface area contributed by atoms with Gasteiger partial charge in [-0.1, -0.05) is 56.0 Å². The molecule has 0 saturated heterocycles. The molecule has 0 bridgehead atoms. The molecular formula is C16H21N3. The highest BCUT2D eigenvalue weighted by Crippen LogP contribution is 2.30. The molecule has 1 aromatic carbocycles. The molecular weight excluding hydrogens is 234 g/mol. The summed E-state index contributed by atoms with van der Waals surface area (Å²) >= 11 is 0. The molecule has 1 saturated carbocycles. The van der Waals surface area contributed by atoms with Crippen molar-refractivity contribution < 1.29 is 0 Å². The molecule has 1 aromatic heterocycles. The molecule has 19 heavy (non-hydrogen) atoms. The maximum atomic E-state index is 6.14. The Morgan fingerprint density at radius 1 is 1.00 bits per heavy atom. The molecule has 0 aliphatic heterocycles. The lowest BCUT2D eigenvalue weighted by Gasteiger charge is -2.14.